The maximum Gasteiger partial charge on any atom is 0.308 e. The fourth-order valence-corrected chi connectivity index (χ4v) is 1.92. The maximum atomic E-state index is 11.4. The predicted molar refractivity (Wildman–Crippen MR) is 83.1 cm³/mol. The van der Waals surface area contributed by atoms with Crippen molar-refractivity contribution in [3.8, 4) is 0 Å². The molecule has 0 heterocycles. The Morgan fingerprint density at radius 2 is 1.95 bits per heavy atom. The van der Waals surface area contributed by atoms with E-state index in [1.54, 1.807) is 6.26 Å². The maximum absolute atomic E-state index is 11.4. The monoisotopic (exact) mass is 282 g/mol. The fraction of sp³-hybridized carbons (Fsp3) is 0.706. The van der Waals surface area contributed by atoms with Crippen LogP contribution in [-0.2, 0) is 14.3 Å². The number of hydrogen-bond donors (Lipinski definition) is 0. The Bertz CT molecular complexity index is 280. The molecule has 20 heavy (non-hydrogen) atoms. The molecule has 0 aromatic carbocycles. The molecule has 0 spiro atoms. The molecule has 3 nitrogen and oxygen atoms in total. The zero-order chi connectivity index (χ0) is 15.2. The molecule has 0 radical (unpaired) electrons. The molecule has 0 saturated carbocycles. The second kappa shape index (κ2) is 12.8. The standard InChI is InChI=1S/C17H30O3/c1-5-9-15(4)11-12-17(18)20-14-19-13-8-10-16(6-2)7-3/h5,8,13,15-16H,1,6-7,9-12,14H2,2-4H3/b13-8+. The van der Waals surface area contributed by atoms with Gasteiger partial charge in [-0.05, 0) is 37.2 Å². The Kier molecular flexibility index (Phi) is 12.0. The van der Waals surface area contributed by atoms with Crippen LogP contribution in [0.4, 0.5) is 0 Å². The van der Waals surface area contributed by atoms with E-state index in [-0.39, 0.29) is 12.8 Å². The van der Waals surface area contributed by atoms with E-state index in [1.807, 2.05) is 12.2 Å². The average Bonchev–Trinajstić information content (AvgIpc) is 2.45. The molecule has 0 N–H and O–H groups in total. The molecule has 1 atom stereocenters. The van der Waals surface area contributed by atoms with Gasteiger partial charge in [-0.2, -0.15) is 0 Å². The summed E-state index contributed by atoms with van der Waals surface area (Å²) < 4.78 is 10.2. The van der Waals surface area contributed by atoms with Gasteiger partial charge in [0.1, 0.15) is 0 Å². The van der Waals surface area contributed by atoms with E-state index >= 15 is 0 Å². The Labute approximate surface area is 124 Å². The Morgan fingerprint density at radius 1 is 1.25 bits per heavy atom. The smallest absolute Gasteiger partial charge is 0.308 e. The van der Waals surface area contributed by atoms with Gasteiger partial charge in [-0.15, -0.1) is 6.58 Å². The number of esters is 1. The first-order chi connectivity index (χ1) is 9.63. The normalized spacial score (nSPS) is 12.6. The summed E-state index contributed by atoms with van der Waals surface area (Å²) in [6.45, 7) is 10.2. The predicted octanol–water partition coefficient (Wildman–Crippen LogP) is 4.84. The molecule has 0 fully saturated rings. The van der Waals surface area contributed by atoms with Crippen molar-refractivity contribution in [2.75, 3.05) is 6.79 Å². The van der Waals surface area contributed by atoms with Crippen LogP contribution < -0.4 is 0 Å². The minimum Gasteiger partial charge on any atom is -0.465 e. The Hall–Kier alpha value is -1.25. The second-order valence-electron chi connectivity index (χ2n) is 5.26. The SMILES string of the molecule is C=CCC(C)CCC(=O)OCO/C=C/CC(CC)CC. The summed E-state index contributed by atoms with van der Waals surface area (Å²) >= 11 is 0. The first-order valence-electron chi connectivity index (χ1n) is 7.67. The first-order valence-corrected chi connectivity index (χ1v) is 7.67. The lowest BCUT2D eigenvalue weighted by Crippen LogP contribution is -2.08. The van der Waals surface area contributed by atoms with Gasteiger partial charge in [0.25, 0.3) is 0 Å². The summed E-state index contributed by atoms with van der Waals surface area (Å²) in [5, 5.41) is 0. The van der Waals surface area contributed by atoms with Gasteiger partial charge in [0, 0.05) is 6.42 Å². The molecule has 3 heteroatoms. The average molecular weight is 282 g/mol. The van der Waals surface area contributed by atoms with Crippen molar-refractivity contribution in [1.29, 1.82) is 0 Å². The molecule has 0 bridgehead atoms. The molecule has 0 aliphatic rings. The van der Waals surface area contributed by atoms with Gasteiger partial charge in [-0.3, -0.25) is 4.79 Å². The number of carbonyl (C=O) groups is 1. The van der Waals surface area contributed by atoms with E-state index in [9.17, 15) is 4.79 Å². The number of hydrogen-bond acceptors (Lipinski definition) is 3. The van der Waals surface area contributed by atoms with Gasteiger partial charge >= 0.3 is 5.97 Å². The number of rotatable bonds is 12. The van der Waals surface area contributed by atoms with Gasteiger partial charge in [0.2, 0.25) is 6.79 Å². The lowest BCUT2D eigenvalue weighted by atomic mass is 10.00. The van der Waals surface area contributed by atoms with Crippen LogP contribution in [0.1, 0.15) is 59.3 Å². The molecule has 0 aromatic heterocycles. The van der Waals surface area contributed by atoms with Gasteiger partial charge in [0.15, 0.2) is 0 Å². The van der Waals surface area contributed by atoms with Gasteiger partial charge in [-0.1, -0.05) is 39.7 Å². The number of allylic oxidation sites excluding steroid dienone is 2. The van der Waals surface area contributed by atoms with Crippen LogP contribution >= 0.6 is 0 Å². The zero-order valence-corrected chi connectivity index (χ0v) is 13.3. The van der Waals surface area contributed by atoms with E-state index in [0.717, 1.165) is 19.3 Å². The molecule has 0 aliphatic heterocycles. The molecule has 0 amide bonds. The Balaban J connectivity index is 3.56. The van der Waals surface area contributed by atoms with Crippen molar-refractivity contribution < 1.29 is 14.3 Å². The second-order valence-corrected chi connectivity index (χ2v) is 5.26. The van der Waals surface area contributed by atoms with E-state index in [0.29, 0.717) is 18.3 Å². The summed E-state index contributed by atoms with van der Waals surface area (Å²) in [6.07, 6.45) is 11.1. The third-order valence-corrected chi connectivity index (χ3v) is 3.51. The first kappa shape index (κ1) is 18.8. The minimum atomic E-state index is -0.200. The zero-order valence-electron chi connectivity index (χ0n) is 13.3. The molecule has 116 valence electrons. The summed E-state index contributed by atoms with van der Waals surface area (Å²) in [5.41, 5.74) is 0. The number of carbonyl (C=O) groups excluding carboxylic acids is 1. The Morgan fingerprint density at radius 3 is 2.55 bits per heavy atom. The van der Waals surface area contributed by atoms with Crippen molar-refractivity contribution in [3.05, 3.63) is 25.0 Å². The largest absolute Gasteiger partial charge is 0.465 e. The minimum absolute atomic E-state index is 0.00803. The highest BCUT2D eigenvalue weighted by Crippen LogP contribution is 2.13. The topological polar surface area (TPSA) is 35.5 Å². The molecule has 0 rings (SSSR count). The van der Waals surface area contributed by atoms with Crippen LogP contribution in [0.15, 0.2) is 25.0 Å². The van der Waals surface area contributed by atoms with Gasteiger partial charge in [-0.25, -0.2) is 0 Å². The van der Waals surface area contributed by atoms with E-state index in [2.05, 4.69) is 27.4 Å². The molecule has 0 saturated heterocycles. The third-order valence-electron chi connectivity index (χ3n) is 3.51. The quantitative estimate of drug-likeness (QED) is 0.169. The van der Waals surface area contributed by atoms with Crippen LogP contribution in [0.2, 0.25) is 0 Å². The van der Waals surface area contributed by atoms with Crippen LogP contribution in [0.3, 0.4) is 0 Å². The van der Waals surface area contributed by atoms with Crippen molar-refractivity contribution in [2.24, 2.45) is 11.8 Å². The van der Waals surface area contributed by atoms with Crippen molar-refractivity contribution >= 4 is 5.97 Å². The fourth-order valence-electron chi connectivity index (χ4n) is 1.92. The highest BCUT2D eigenvalue weighted by molar-refractivity contribution is 5.69. The highest BCUT2D eigenvalue weighted by atomic mass is 16.7. The van der Waals surface area contributed by atoms with Crippen LogP contribution in [0.5, 0.6) is 0 Å². The molecule has 0 aliphatic carbocycles. The highest BCUT2D eigenvalue weighted by Gasteiger charge is 2.06. The van der Waals surface area contributed by atoms with E-state index in [4.69, 9.17) is 9.47 Å². The molecule has 0 aromatic rings. The lowest BCUT2D eigenvalue weighted by molar-refractivity contribution is -0.152. The van der Waals surface area contributed by atoms with Crippen LogP contribution in [0, 0.1) is 11.8 Å². The third kappa shape index (κ3) is 10.7. The van der Waals surface area contributed by atoms with Crippen molar-refractivity contribution in [1.82, 2.24) is 0 Å². The van der Waals surface area contributed by atoms with Gasteiger partial charge in [0.05, 0.1) is 6.26 Å². The van der Waals surface area contributed by atoms with Crippen LogP contribution in [0.25, 0.3) is 0 Å². The lowest BCUT2D eigenvalue weighted by Gasteiger charge is -2.09. The molecular formula is C17H30O3. The van der Waals surface area contributed by atoms with E-state index < -0.39 is 0 Å². The van der Waals surface area contributed by atoms with Crippen LogP contribution in [-0.4, -0.2) is 12.8 Å². The summed E-state index contributed by atoms with van der Waals surface area (Å²) in [7, 11) is 0. The van der Waals surface area contributed by atoms with E-state index in [1.165, 1.54) is 12.8 Å². The molecule has 1 unspecified atom stereocenters. The summed E-state index contributed by atoms with van der Waals surface area (Å²) in [5.74, 6) is 0.985. The molecular weight excluding hydrogens is 252 g/mol. The van der Waals surface area contributed by atoms with Gasteiger partial charge < -0.3 is 9.47 Å². The number of ether oxygens (including phenoxy) is 2. The summed E-state index contributed by atoms with van der Waals surface area (Å²) in [6, 6.07) is 0. The summed E-state index contributed by atoms with van der Waals surface area (Å²) in [4.78, 5) is 11.4. The van der Waals surface area contributed by atoms with Crippen molar-refractivity contribution in [3.63, 3.8) is 0 Å². The van der Waals surface area contributed by atoms with Crippen molar-refractivity contribution in [2.45, 2.75) is 59.3 Å².